The van der Waals surface area contributed by atoms with Crippen LogP contribution in [0.5, 0.6) is 0 Å². The lowest BCUT2D eigenvalue weighted by atomic mass is 10.1. The molecule has 1 heterocycles. The number of halogens is 2. The van der Waals surface area contributed by atoms with Gasteiger partial charge in [-0.15, -0.1) is 0 Å². The summed E-state index contributed by atoms with van der Waals surface area (Å²) in [6, 6.07) is 1.52. The molecule has 78 valence electrons. The van der Waals surface area contributed by atoms with E-state index in [0.29, 0.717) is 22.7 Å². The van der Waals surface area contributed by atoms with Crippen LogP contribution in [0, 0.1) is 0 Å². The second kappa shape index (κ2) is 4.43. The molecule has 0 atom stereocenters. The van der Waals surface area contributed by atoms with Gasteiger partial charge < -0.3 is 5.32 Å². The van der Waals surface area contributed by atoms with Gasteiger partial charge in [-0.2, -0.15) is 0 Å². The highest BCUT2D eigenvalue weighted by atomic mass is 35.5. The molecule has 1 N–H and O–H groups in total. The monoisotopic (exact) mass is 233 g/mol. The van der Waals surface area contributed by atoms with Crippen LogP contribution in [0.4, 0.5) is 0 Å². The number of hydrogen-bond acceptors (Lipinski definition) is 3. The summed E-state index contributed by atoms with van der Waals surface area (Å²) in [5, 5.41) is 3.99. The second-order valence-corrected chi connectivity index (χ2v) is 4.81. The summed E-state index contributed by atoms with van der Waals surface area (Å²) >= 11 is 11.5. The summed E-state index contributed by atoms with van der Waals surface area (Å²) in [6.07, 6.45) is 0. The van der Waals surface area contributed by atoms with Crippen LogP contribution in [-0.4, -0.2) is 15.5 Å². The maximum Gasteiger partial charge on any atom is 0.145 e. The van der Waals surface area contributed by atoms with Crippen molar-refractivity contribution >= 4 is 23.2 Å². The largest absolute Gasteiger partial charge is 0.305 e. The maximum atomic E-state index is 5.74. The third-order valence-corrected chi connectivity index (χ3v) is 1.87. The van der Waals surface area contributed by atoms with Gasteiger partial charge in [0.05, 0.1) is 6.54 Å². The van der Waals surface area contributed by atoms with Crippen molar-refractivity contribution in [3.63, 3.8) is 0 Å². The Morgan fingerprint density at radius 3 is 2.14 bits per heavy atom. The fraction of sp³-hybridized carbons (Fsp3) is 0.556. The van der Waals surface area contributed by atoms with Gasteiger partial charge in [0, 0.05) is 11.6 Å². The van der Waals surface area contributed by atoms with Crippen LogP contribution in [0.3, 0.4) is 0 Å². The summed E-state index contributed by atoms with van der Waals surface area (Å²) in [5.74, 6) is 0.609. The Morgan fingerprint density at radius 1 is 1.21 bits per heavy atom. The molecule has 0 saturated carbocycles. The van der Waals surface area contributed by atoms with Crippen molar-refractivity contribution in [1.82, 2.24) is 15.3 Å². The van der Waals surface area contributed by atoms with Crippen molar-refractivity contribution in [2.24, 2.45) is 0 Å². The minimum Gasteiger partial charge on any atom is -0.305 e. The van der Waals surface area contributed by atoms with Crippen LogP contribution < -0.4 is 5.32 Å². The molecule has 0 saturated heterocycles. The molecule has 0 radical (unpaired) electrons. The predicted molar refractivity (Wildman–Crippen MR) is 58.6 cm³/mol. The molecule has 0 fully saturated rings. The summed E-state index contributed by atoms with van der Waals surface area (Å²) in [5.41, 5.74) is 0.0259. The lowest BCUT2D eigenvalue weighted by Gasteiger charge is -2.19. The topological polar surface area (TPSA) is 37.8 Å². The Kier molecular flexibility index (Phi) is 3.70. The average Bonchev–Trinajstić information content (AvgIpc) is 1.97. The van der Waals surface area contributed by atoms with Crippen molar-refractivity contribution in [3.8, 4) is 0 Å². The van der Waals surface area contributed by atoms with Gasteiger partial charge >= 0.3 is 0 Å². The summed E-state index contributed by atoms with van der Waals surface area (Å²) in [6.45, 7) is 6.77. The lowest BCUT2D eigenvalue weighted by molar-refractivity contribution is 0.417. The van der Waals surface area contributed by atoms with Gasteiger partial charge in [-0.05, 0) is 20.8 Å². The molecule has 0 aliphatic heterocycles. The Hall–Kier alpha value is -0.380. The molecule has 0 aliphatic carbocycles. The fourth-order valence-corrected chi connectivity index (χ4v) is 1.32. The van der Waals surface area contributed by atoms with Crippen LogP contribution >= 0.6 is 23.2 Å². The van der Waals surface area contributed by atoms with Gasteiger partial charge in [0.25, 0.3) is 0 Å². The molecule has 0 bridgehead atoms. The molecule has 1 aromatic heterocycles. The SMILES string of the molecule is CC(C)(C)NCc1nc(Cl)cc(Cl)n1. The van der Waals surface area contributed by atoms with E-state index in [1.54, 1.807) is 0 Å². The van der Waals surface area contributed by atoms with E-state index >= 15 is 0 Å². The highest BCUT2D eigenvalue weighted by Gasteiger charge is 2.10. The first-order valence-corrected chi connectivity index (χ1v) is 5.06. The van der Waals surface area contributed by atoms with Crippen molar-refractivity contribution in [2.75, 3.05) is 0 Å². The molecule has 0 amide bonds. The van der Waals surface area contributed by atoms with Crippen molar-refractivity contribution in [3.05, 3.63) is 22.2 Å². The smallest absolute Gasteiger partial charge is 0.145 e. The molecule has 1 rings (SSSR count). The average molecular weight is 234 g/mol. The van der Waals surface area contributed by atoms with Gasteiger partial charge in [0.15, 0.2) is 0 Å². The van der Waals surface area contributed by atoms with Crippen LogP contribution in [0.15, 0.2) is 6.07 Å². The summed E-state index contributed by atoms with van der Waals surface area (Å²) in [7, 11) is 0. The van der Waals surface area contributed by atoms with Gasteiger partial charge in [0.1, 0.15) is 16.1 Å². The maximum absolute atomic E-state index is 5.74. The second-order valence-electron chi connectivity index (χ2n) is 4.03. The highest BCUT2D eigenvalue weighted by Crippen LogP contribution is 2.12. The molecule has 1 aromatic rings. The number of rotatable bonds is 2. The standard InChI is InChI=1S/C9H13Cl2N3/c1-9(2,3)12-5-8-13-6(10)4-7(11)14-8/h4,12H,5H2,1-3H3. The van der Waals surface area contributed by atoms with E-state index in [1.807, 2.05) is 0 Å². The first-order valence-electron chi connectivity index (χ1n) is 4.31. The van der Waals surface area contributed by atoms with E-state index in [-0.39, 0.29) is 5.54 Å². The molecule has 0 aromatic carbocycles. The Labute approximate surface area is 93.9 Å². The molecule has 0 aliphatic rings. The Balaban J connectivity index is 2.68. The van der Waals surface area contributed by atoms with Gasteiger partial charge in [-0.3, -0.25) is 0 Å². The van der Waals surface area contributed by atoms with Crippen LogP contribution in [-0.2, 0) is 6.54 Å². The van der Waals surface area contributed by atoms with Crippen LogP contribution in [0.25, 0.3) is 0 Å². The van der Waals surface area contributed by atoms with Crippen molar-refractivity contribution in [2.45, 2.75) is 32.9 Å². The van der Waals surface area contributed by atoms with E-state index in [0.717, 1.165) is 0 Å². The van der Waals surface area contributed by atoms with Crippen LogP contribution in [0.1, 0.15) is 26.6 Å². The van der Waals surface area contributed by atoms with E-state index in [1.165, 1.54) is 6.07 Å². The third-order valence-electron chi connectivity index (χ3n) is 1.49. The highest BCUT2D eigenvalue weighted by molar-refractivity contribution is 6.33. The minimum absolute atomic E-state index is 0.0259. The van der Waals surface area contributed by atoms with Crippen LogP contribution in [0.2, 0.25) is 10.3 Å². The first kappa shape index (κ1) is 11.7. The molecule has 0 spiro atoms. The predicted octanol–water partition coefficient (Wildman–Crippen LogP) is 2.67. The number of nitrogens with one attached hydrogen (secondary N) is 1. The zero-order chi connectivity index (χ0) is 10.8. The third kappa shape index (κ3) is 4.22. The van der Waals surface area contributed by atoms with Gasteiger partial charge in [-0.1, -0.05) is 23.2 Å². The summed E-state index contributed by atoms with van der Waals surface area (Å²) < 4.78 is 0. The molecular weight excluding hydrogens is 221 g/mol. The molecular formula is C9H13Cl2N3. The zero-order valence-corrected chi connectivity index (χ0v) is 9.95. The van der Waals surface area contributed by atoms with E-state index in [4.69, 9.17) is 23.2 Å². The van der Waals surface area contributed by atoms with E-state index in [2.05, 4.69) is 36.1 Å². The molecule has 14 heavy (non-hydrogen) atoms. The van der Waals surface area contributed by atoms with Gasteiger partial charge in [-0.25, -0.2) is 9.97 Å². The number of hydrogen-bond donors (Lipinski definition) is 1. The fourth-order valence-electron chi connectivity index (χ4n) is 0.858. The van der Waals surface area contributed by atoms with E-state index in [9.17, 15) is 0 Å². The Morgan fingerprint density at radius 2 is 1.71 bits per heavy atom. The molecule has 3 nitrogen and oxygen atoms in total. The van der Waals surface area contributed by atoms with Crippen molar-refractivity contribution < 1.29 is 0 Å². The quantitative estimate of drug-likeness (QED) is 0.799. The first-order chi connectivity index (χ1) is 6.37. The van der Waals surface area contributed by atoms with Gasteiger partial charge in [0.2, 0.25) is 0 Å². The number of aromatic nitrogens is 2. The lowest BCUT2D eigenvalue weighted by Crippen LogP contribution is -2.35. The van der Waals surface area contributed by atoms with E-state index < -0.39 is 0 Å². The number of nitrogens with zero attached hydrogens (tertiary/aromatic N) is 2. The normalized spacial score (nSPS) is 11.8. The molecule has 0 unspecified atom stereocenters. The molecule has 5 heteroatoms. The zero-order valence-electron chi connectivity index (χ0n) is 8.43. The van der Waals surface area contributed by atoms with Crippen molar-refractivity contribution in [1.29, 1.82) is 0 Å². The Bertz CT molecular complexity index is 300. The summed E-state index contributed by atoms with van der Waals surface area (Å²) in [4.78, 5) is 8.09. The minimum atomic E-state index is 0.0259.